The highest BCUT2D eigenvalue weighted by Crippen LogP contribution is 2.25. The van der Waals surface area contributed by atoms with Crippen LogP contribution in [0.4, 0.5) is 0 Å². The van der Waals surface area contributed by atoms with Crippen molar-refractivity contribution >= 4 is 10.8 Å². The number of benzene rings is 1. The summed E-state index contributed by atoms with van der Waals surface area (Å²) in [5.74, 6) is 5.61. The smallest absolute Gasteiger partial charge is 0.0751 e. The second-order valence-corrected chi connectivity index (χ2v) is 4.04. The summed E-state index contributed by atoms with van der Waals surface area (Å²) in [7, 11) is 1.67. The third-order valence-electron chi connectivity index (χ3n) is 3.05. The van der Waals surface area contributed by atoms with Gasteiger partial charge in [0.2, 0.25) is 0 Å². The summed E-state index contributed by atoms with van der Waals surface area (Å²) in [6.07, 6.45) is 3.67. The Bertz CT molecular complexity index is 495. The molecule has 0 saturated carbocycles. The standard InChI is InChI=1S/C13H17N3O/c1-9(17-2)13(16-14)12-8-15-7-10-5-3-4-6-11(10)12/h3-9,13,16H,14H2,1-2H3. The van der Waals surface area contributed by atoms with Crippen LogP contribution in [0.15, 0.2) is 36.7 Å². The number of pyridine rings is 1. The predicted molar refractivity (Wildman–Crippen MR) is 68.3 cm³/mol. The quantitative estimate of drug-likeness (QED) is 0.622. The molecule has 0 aliphatic heterocycles. The van der Waals surface area contributed by atoms with Crippen molar-refractivity contribution in [1.29, 1.82) is 0 Å². The van der Waals surface area contributed by atoms with Gasteiger partial charge in [0.25, 0.3) is 0 Å². The molecule has 4 nitrogen and oxygen atoms in total. The van der Waals surface area contributed by atoms with Crippen LogP contribution in [0.1, 0.15) is 18.5 Å². The summed E-state index contributed by atoms with van der Waals surface area (Å²) in [6.45, 7) is 1.98. The van der Waals surface area contributed by atoms with E-state index >= 15 is 0 Å². The van der Waals surface area contributed by atoms with Gasteiger partial charge in [0.1, 0.15) is 0 Å². The van der Waals surface area contributed by atoms with Crippen LogP contribution in [-0.2, 0) is 4.74 Å². The Labute approximate surface area is 101 Å². The lowest BCUT2D eigenvalue weighted by Gasteiger charge is -2.23. The fourth-order valence-corrected chi connectivity index (χ4v) is 2.00. The minimum atomic E-state index is -0.0707. The molecular formula is C13H17N3O. The molecule has 1 aromatic heterocycles. The van der Waals surface area contributed by atoms with Crippen LogP contribution in [0, 0.1) is 0 Å². The molecule has 0 saturated heterocycles. The number of rotatable bonds is 4. The second kappa shape index (κ2) is 5.23. The Morgan fingerprint density at radius 2 is 2.06 bits per heavy atom. The zero-order chi connectivity index (χ0) is 12.3. The molecule has 2 aromatic rings. The van der Waals surface area contributed by atoms with Crippen LogP contribution in [0.3, 0.4) is 0 Å². The lowest BCUT2D eigenvalue weighted by Crippen LogP contribution is -2.36. The summed E-state index contributed by atoms with van der Waals surface area (Å²) < 4.78 is 5.34. The average Bonchev–Trinajstić information content (AvgIpc) is 2.39. The van der Waals surface area contributed by atoms with E-state index in [1.54, 1.807) is 7.11 Å². The molecule has 4 heteroatoms. The van der Waals surface area contributed by atoms with Crippen LogP contribution < -0.4 is 11.3 Å². The lowest BCUT2D eigenvalue weighted by atomic mass is 9.99. The van der Waals surface area contributed by atoms with Gasteiger partial charge in [-0.1, -0.05) is 24.3 Å². The van der Waals surface area contributed by atoms with Gasteiger partial charge in [0.05, 0.1) is 12.1 Å². The highest BCUT2D eigenvalue weighted by molar-refractivity contribution is 5.85. The number of methoxy groups -OCH3 is 1. The zero-order valence-electron chi connectivity index (χ0n) is 10.1. The number of nitrogens with one attached hydrogen (secondary N) is 1. The van der Waals surface area contributed by atoms with Crippen LogP contribution in [-0.4, -0.2) is 18.2 Å². The molecule has 1 aromatic carbocycles. The average molecular weight is 231 g/mol. The molecule has 0 amide bonds. The van der Waals surface area contributed by atoms with E-state index in [9.17, 15) is 0 Å². The molecular weight excluding hydrogens is 214 g/mol. The highest BCUT2D eigenvalue weighted by Gasteiger charge is 2.19. The van der Waals surface area contributed by atoms with Crippen molar-refractivity contribution in [3.8, 4) is 0 Å². The maximum Gasteiger partial charge on any atom is 0.0751 e. The Morgan fingerprint density at radius 3 is 2.76 bits per heavy atom. The first-order chi connectivity index (χ1) is 8.27. The molecule has 2 unspecified atom stereocenters. The number of nitrogens with zero attached hydrogens (tertiary/aromatic N) is 1. The van der Waals surface area contributed by atoms with Gasteiger partial charge in [-0.3, -0.25) is 16.3 Å². The van der Waals surface area contributed by atoms with Gasteiger partial charge in [-0.05, 0) is 17.9 Å². The first kappa shape index (κ1) is 12.0. The molecule has 0 spiro atoms. The molecule has 90 valence electrons. The van der Waals surface area contributed by atoms with E-state index in [4.69, 9.17) is 10.6 Å². The molecule has 2 rings (SSSR count). The largest absolute Gasteiger partial charge is 0.380 e. The number of nitrogens with two attached hydrogens (primary N) is 1. The van der Waals surface area contributed by atoms with Crippen molar-refractivity contribution in [3.05, 3.63) is 42.2 Å². The van der Waals surface area contributed by atoms with E-state index in [1.165, 1.54) is 0 Å². The number of ether oxygens (including phenoxy) is 1. The van der Waals surface area contributed by atoms with Crippen LogP contribution >= 0.6 is 0 Å². The molecule has 0 bridgehead atoms. The van der Waals surface area contributed by atoms with Gasteiger partial charge in [0.15, 0.2) is 0 Å². The monoisotopic (exact) mass is 231 g/mol. The summed E-state index contributed by atoms with van der Waals surface area (Å²) in [6, 6.07) is 8.05. The molecule has 3 N–H and O–H groups in total. The summed E-state index contributed by atoms with van der Waals surface area (Å²) in [5.41, 5.74) is 3.85. The maximum absolute atomic E-state index is 5.61. The SMILES string of the molecule is COC(C)C(NN)c1cncc2ccccc12. The number of hydrazine groups is 1. The van der Waals surface area contributed by atoms with E-state index in [0.717, 1.165) is 16.3 Å². The van der Waals surface area contributed by atoms with Crippen molar-refractivity contribution in [3.63, 3.8) is 0 Å². The fraction of sp³-hybridized carbons (Fsp3) is 0.308. The highest BCUT2D eigenvalue weighted by atomic mass is 16.5. The van der Waals surface area contributed by atoms with E-state index in [-0.39, 0.29) is 12.1 Å². The third-order valence-corrected chi connectivity index (χ3v) is 3.05. The van der Waals surface area contributed by atoms with E-state index in [2.05, 4.69) is 16.5 Å². The molecule has 0 aliphatic rings. The van der Waals surface area contributed by atoms with Crippen molar-refractivity contribution in [1.82, 2.24) is 10.4 Å². The number of aromatic nitrogens is 1. The Kier molecular flexibility index (Phi) is 3.68. The summed E-state index contributed by atoms with van der Waals surface area (Å²) in [4.78, 5) is 4.25. The van der Waals surface area contributed by atoms with Crippen LogP contribution in [0.5, 0.6) is 0 Å². The Hall–Kier alpha value is -1.49. The Balaban J connectivity index is 2.53. The van der Waals surface area contributed by atoms with Crippen molar-refractivity contribution in [2.24, 2.45) is 5.84 Å². The van der Waals surface area contributed by atoms with Crippen molar-refractivity contribution in [2.45, 2.75) is 19.1 Å². The number of hydrogen-bond acceptors (Lipinski definition) is 4. The first-order valence-electron chi connectivity index (χ1n) is 5.59. The third kappa shape index (κ3) is 2.29. The molecule has 1 heterocycles. The van der Waals surface area contributed by atoms with Gasteiger partial charge >= 0.3 is 0 Å². The van der Waals surface area contributed by atoms with Gasteiger partial charge in [-0.15, -0.1) is 0 Å². The van der Waals surface area contributed by atoms with Gasteiger partial charge in [0, 0.05) is 24.9 Å². The van der Waals surface area contributed by atoms with Gasteiger partial charge in [-0.2, -0.15) is 0 Å². The minimum Gasteiger partial charge on any atom is -0.380 e. The van der Waals surface area contributed by atoms with E-state index in [1.807, 2.05) is 37.5 Å². The Morgan fingerprint density at radius 1 is 1.29 bits per heavy atom. The summed E-state index contributed by atoms with van der Waals surface area (Å²) in [5, 5.41) is 2.25. The van der Waals surface area contributed by atoms with E-state index in [0.29, 0.717) is 0 Å². The maximum atomic E-state index is 5.61. The first-order valence-corrected chi connectivity index (χ1v) is 5.59. The van der Waals surface area contributed by atoms with Gasteiger partial charge < -0.3 is 4.74 Å². The zero-order valence-corrected chi connectivity index (χ0v) is 10.1. The molecule has 17 heavy (non-hydrogen) atoms. The molecule has 0 aliphatic carbocycles. The fourth-order valence-electron chi connectivity index (χ4n) is 2.00. The van der Waals surface area contributed by atoms with Crippen LogP contribution in [0.2, 0.25) is 0 Å². The van der Waals surface area contributed by atoms with Crippen LogP contribution in [0.25, 0.3) is 10.8 Å². The number of fused-ring (bicyclic) bond motifs is 1. The topological polar surface area (TPSA) is 60.2 Å². The second-order valence-electron chi connectivity index (χ2n) is 4.04. The summed E-state index contributed by atoms with van der Waals surface area (Å²) >= 11 is 0. The van der Waals surface area contributed by atoms with E-state index < -0.39 is 0 Å². The minimum absolute atomic E-state index is 0.0207. The lowest BCUT2D eigenvalue weighted by molar-refractivity contribution is 0.0834. The number of hydrogen-bond donors (Lipinski definition) is 2. The van der Waals surface area contributed by atoms with Crippen molar-refractivity contribution < 1.29 is 4.74 Å². The molecule has 0 radical (unpaired) electrons. The van der Waals surface area contributed by atoms with Crippen molar-refractivity contribution in [2.75, 3.05) is 7.11 Å². The predicted octanol–water partition coefficient (Wildman–Crippen LogP) is 1.77. The van der Waals surface area contributed by atoms with Gasteiger partial charge in [-0.25, -0.2) is 0 Å². The molecule has 0 fully saturated rings. The molecule has 2 atom stereocenters. The normalized spacial score (nSPS) is 14.8.